The lowest BCUT2D eigenvalue weighted by Crippen LogP contribution is -2.12. The molecule has 0 saturated carbocycles. The highest BCUT2D eigenvalue weighted by Crippen LogP contribution is 2.22. The third-order valence-corrected chi connectivity index (χ3v) is 2.36. The van der Waals surface area contributed by atoms with Crippen LogP contribution in [-0.2, 0) is 4.79 Å². The van der Waals surface area contributed by atoms with E-state index in [1.807, 2.05) is 30.3 Å². The standard InChI is InChI=1S/C14H10N2O2/c15-9-11(14(16)17)8-12-6-7-13(18-12)10-4-2-1-3-5-10/h1-8H,(H2,16,17)/b11-8-. The second-order valence-electron chi connectivity index (χ2n) is 3.60. The molecule has 1 amide bonds. The number of nitriles is 1. The topological polar surface area (TPSA) is 80.0 Å². The molecule has 0 aliphatic rings. The summed E-state index contributed by atoms with van der Waals surface area (Å²) < 4.78 is 5.52. The molecule has 0 radical (unpaired) electrons. The molecule has 0 bridgehead atoms. The molecule has 0 atom stereocenters. The Hall–Kier alpha value is -2.80. The molecule has 0 aliphatic carbocycles. The van der Waals surface area contributed by atoms with Crippen LogP contribution in [0.1, 0.15) is 5.76 Å². The van der Waals surface area contributed by atoms with E-state index in [0.29, 0.717) is 11.5 Å². The van der Waals surface area contributed by atoms with E-state index in [4.69, 9.17) is 15.4 Å². The minimum Gasteiger partial charge on any atom is -0.457 e. The summed E-state index contributed by atoms with van der Waals surface area (Å²) in [6, 6.07) is 14.7. The highest BCUT2D eigenvalue weighted by molar-refractivity contribution is 6.00. The Labute approximate surface area is 104 Å². The zero-order chi connectivity index (χ0) is 13.0. The predicted molar refractivity (Wildman–Crippen MR) is 66.9 cm³/mol. The largest absolute Gasteiger partial charge is 0.457 e. The second kappa shape index (κ2) is 5.02. The Morgan fingerprint density at radius 3 is 2.56 bits per heavy atom. The number of nitrogens with zero attached hydrogens (tertiary/aromatic N) is 1. The van der Waals surface area contributed by atoms with E-state index in [-0.39, 0.29) is 5.57 Å². The molecule has 2 N–H and O–H groups in total. The Balaban J connectivity index is 2.33. The Kier molecular flexibility index (Phi) is 3.26. The fourth-order valence-electron chi connectivity index (χ4n) is 1.49. The van der Waals surface area contributed by atoms with Gasteiger partial charge in [-0.3, -0.25) is 4.79 Å². The molecule has 4 heteroatoms. The number of hydrogen-bond donors (Lipinski definition) is 1. The van der Waals surface area contributed by atoms with Gasteiger partial charge in [0.1, 0.15) is 23.2 Å². The first-order valence-corrected chi connectivity index (χ1v) is 5.27. The van der Waals surface area contributed by atoms with Gasteiger partial charge in [-0.1, -0.05) is 30.3 Å². The van der Waals surface area contributed by atoms with Crippen LogP contribution in [0, 0.1) is 11.3 Å². The lowest BCUT2D eigenvalue weighted by molar-refractivity contribution is -0.114. The molecular weight excluding hydrogens is 228 g/mol. The van der Waals surface area contributed by atoms with E-state index >= 15 is 0 Å². The maximum atomic E-state index is 10.9. The zero-order valence-corrected chi connectivity index (χ0v) is 9.46. The van der Waals surface area contributed by atoms with Gasteiger partial charge in [-0.2, -0.15) is 5.26 Å². The highest BCUT2D eigenvalue weighted by Gasteiger charge is 2.07. The first kappa shape index (κ1) is 11.7. The molecular formula is C14H10N2O2. The third-order valence-electron chi connectivity index (χ3n) is 2.36. The normalized spacial score (nSPS) is 10.9. The fraction of sp³-hybridized carbons (Fsp3) is 0. The monoisotopic (exact) mass is 238 g/mol. The van der Waals surface area contributed by atoms with E-state index in [0.717, 1.165) is 5.56 Å². The zero-order valence-electron chi connectivity index (χ0n) is 9.46. The molecule has 2 aromatic rings. The van der Waals surface area contributed by atoms with Crippen LogP contribution >= 0.6 is 0 Å². The lowest BCUT2D eigenvalue weighted by atomic mass is 10.2. The second-order valence-corrected chi connectivity index (χ2v) is 3.60. The molecule has 1 heterocycles. The summed E-state index contributed by atoms with van der Waals surface area (Å²) in [5.41, 5.74) is 5.83. The van der Waals surface area contributed by atoms with Crippen molar-refractivity contribution in [2.75, 3.05) is 0 Å². The maximum Gasteiger partial charge on any atom is 0.259 e. The van der Waals surface area contributed by atoms with Crippen molar-refractivity contribution in [3.05, 3.63) is 53.8 Å². The number of nitrogens with two attached hydrogens (primary N) is 1. The third kappa shape index (κ3) is 2.47. The first-order valence-electron chi connectivity index (χ1n) is 5.27. The minimum atomic E-state index is -0.768. The number of carbonyl (C=O) groups excluding carboxylic acids is 1. The molecule has 1 aromatic carbocycles. The van der Waals surface area contributed by atoms with Gasteiger partial charge in [0, 0.05) is 11.6 Å². The summed E-state index contributed by atoms with van der Waals surface area (Å²) in [5.74, 6) is 0.322. The van der Waals surface area contributed by atoms with Crippen molar-refractivity contribution < 1.29 is 9.21 Å². The maximum absolute atomic E-state index is 10.9. The van der Waals surface area contributed by atoms with Crippen LogP contribution in [0.4, 0.5) is 0 Å². The van der Waals surface area contributed by atoms with Gasteiger partial charge < -0.3 is 10.2 Å². The van der Waals surface area contributed by atoms with E-state index < -0.39 is 5.91 Å². The molecule has 0 spiro atoms. The minimum absolute atomic E-state index is 0.135. The van der Waals surface area contributed by atoms with Gasteiger partial charge in [0.2, 0.25) is 0 Å². The summed E-state index contributed by atoms with van der Waals surface area (Å²) >= 11 is 0. The number of benzene rings is 1. The molecule has 0 saturated heterocycles. The number of furan rings is 1. The molecule has 4 nitrogen and oxygen atoms in total. The molecule has 0 unspecified atom stereocenters. The van der Waals surface area contributed by atoms with Crippen LogP contribution in [-0.4, -0.2) is 5.91 Å². The van der Waals surface area contributed by atoms with Gasteiger partial charge in [0.05, 0.1) is 0 Å². The lowest BCUT2D eigenvalue weighted by Gasteiger charge is -1.95. The van der Waals surface area contributed by atoms with E-state index in [9.17, 15) is 4.79 Å². The van der Waals surface area contributed by atoms with Gasteiger partial charge in [0.15, 0.2) is 0 Å². The number of amides is 1. The molecule has 18 heavy (non-hydrogen) atoms. The van der Waals surface area contributed by atoms with Crippen molar-refractivity contribution in [1.29, 1.82) is 5.26 Å². The summed E-state index contributed by atoms with van der Waals surface area (Å²) in [5, 5.41) is 8.72. The van der Waals surface area contributed by atoms with Gasteiger partial charge in [-0.25, -0.2) is 0 Å². The Morgan fingerprint density at radius 2 is 1.94 bits per heavy atom. The first-order chi connectivity index (χ1) is 8.70. The smallest absolute Gasteiger partial charge is 0.259 e. The van der Waals surface area contributed by atoms with Crippen LogP contribution < -0.4 is 5.73 Å². The van der Waals surface area contributed by atoms with Crippen LogP contribution in [0.3, 0.4) is 0 Å². The SMILES string of the molecule is N#C/C(=C/c1ccc(-c2ccccc2)o1)C(N)=O. The van der Waals surface area contributed by atoms with Gasteiger partial charge >= 0.3 is 0 Å². The van der Waals surface area contributed by atoms with Crippen molar-refractivity contribution in [1.82, 2.24) is 0 Å². The number of rotatable bonds is 3. The Morgan fingerprint density at radius 1 is 1.22 bits per heavy atom. The summed E-state index contributed by atoms with van der Waals surface area (Å²) in [6.45, 7) is 0. The summed E-state index contributed by atoms with van der Waals surface area (Å²) in [7, 11) is 0. The molecule has 88 valence electrons. The van der Waals surface area contributed by atoms with Crippen LogP contribution in [0.2, 0.25) is 0 Å². The van der Waals surface area contributed by atoms with Gasteiger partial charge in [0.25, 0.3) is 5.91 Å². The average Bonchev–Trinajstić information content (AvgIpc) is 2.85. The fourth-order valence-corrected chi connectivity index (χ4v) is 1.49. The molecule has 0 aliphatic heterocycles. The predicted octanol–water partition coefficient (Wildman–Crippen LogP) is 2.34. The van der Waals surface area contributed by atoms with E-state index in [1.165, 1.54) is 6.08 Å². The van der Waals surface area contributed by atoms with Crippen molar-refractivity contribution in [2.45, 2.75) is 0 Å². The van der Waals surface area contributed by atoms with Crippen LogP contribution in [0.5, 0.6) is 0 Å². The Bertz CT molecular complexity index is 633. The number of hydrogen-bond acceptors (Lipinski definition) is 3. The van der Waals surface area contributed by atoms with Gasteiger partial charge in [-0.15, -0.1) is 0 Å². The quantitative estimate of drug-likeness (QED) is 0.658. The van der Waals surface area contributed by atoms with Crippen LogP contribution in [0.25, 0.3) is 17.4 Å². The highest BCUT2D eigenvalue weighted by atomic mass is 16.3. The number of carbonyl (C=O) groups is 1. The van der Waals surface area contributed by atoms with Crippen molar-refractivity contribution in [3.8, 4) is 17.4 Å². The van der Waals surface area contributed by atoms with Crippen molar-refractivity contribution in [2.24, 2.45) is 5.73 Å². The van der Waals surface area contributed by atoms with Crippen LogP contribution in [0.15, 0.2) is 52.5 Å². The number of primary amides is 1. The van der Waals surface area contributed by atoms with Crippen molar-refractivity contribution in [3.63, 3.8) is 0 Å². The summed E-state index contributed by atoms with van der Waals surface area (Å²) in [6.07, 6.45) is 1.33. The molecule has 0 fully saturated rings. The average molecular weight is 238 g/mol. The van der Waals surface area contributed by atoms with Crippen molar-refractivity contribution >= 4 is 12.0 Å². The van der Waals surface area contributed by atoms with Gasteiger partial charge in [-0.05, 0) is 12.1 Å². The van der Waals surface area contributed by atoms with E-state index in [1.54, 1.807) is 18.2 Å². The van der Waals surface area contributed by atoms with E-state index in [2.05, 4.69) is 0 Å². The molecule has 2 rings (SSSR count). The summed E-state index contributed by atoms with van der Waals surface area (Å²) in [4.78, 5) is 10.9. The molecule has 1 aromatic heterocycles.